The van der Waals surface area contributed by atoms with Gasteiger partial charge in [-0.3, -0.25) is 5.10 Å². The minimum atomic E-state index is -0.406. The number of carbonyl (C=O) groups excluding carboxylic acids is 1. The van der Waals surface area contributed by atoms with Crippen LogP contribution >= 0.6 is 27.5 Å². The highest BCUT2D eigenvalue weighted by Crippen LogP contribution is 2.30. The predicted octanol–water partition coefficient (Wildman–Crippen LogP) is 2.77. The largest absolute Gasteiger partial charge is 0.465 e. The van der Waals surface area contributed by atoms with Gasteiger partial charge in [-0.15, -0.1) is 0 Å². The van der Waals surface area contributed by atoms with Gasteiger partial charge < -0.3 is 4.74 Å². The number of halogens is 2. The maximum absolute atomic E-state index is 11.3. The van der Waals surface area contributed by atoms with Gasteiger partial charge in [-0.25, -0.2) is 4.79 Å². The van der Waals surface area contributed by atoms with Crippen LogP contribution in [0.2, 0.25) is 5.15 Å². The average molecular weight is 290 g/mol. The summed E-state index contributed by atoms with van der Waals surface area (Å²) in [5.74, 6) is -0.406. The molecule has 1 N–H and O–H groups in total. The van der Waals surface area contributed by atoms with E-state index in [-0.39, 0.29) is 0 Å². The van der Waals surface area contributed by atoms with Gasteiger partial charge in [0.05, 0.1) is 23.6 Å². The summed E-state index contributed by atoms with van der Waals surface area (Å²) >= 11 is 9.20. The number of aromatic amines is 1. The maximum Gasteiger partial charge on any atom is 0.337 e. The summed E-state index contributed by atoms with van der Waals surface area (Å²) in [5.41, 5.74) is 1.05. The second kappa shape index (κ2) is 3.83. The molecular formula is C9H6BrClN2O2. The van der Waals surface area contributed by atoms with E-state index in [1.165, 1.54) is 7.11 Å². The van der Waals surface area contributed by atoms with Crippen LogP contribution in [0.5, 0.6) is 0 Å². The smallest absolute Gasteiger partial charge is 0.337 e. The minimum Gasteiger partial charge on any atom is -0.465 e. The molecule has 0 radical (unpaired) electrons. The highest BCUT2D eigenvalue weighted by molar-refractivity contribution is 9.10. The molecule has 0 saturated heterocycles. The first-order valence-corrected chi connectivity index (χ1v) is 5.22. The van der Waals surface area contributed by atoms with E-state index in [4.69, 9.17) is 11.6 Å². The molecule has 6 heteroatoms. The molecule has 1 heterocycles. The van der Waals surface area contributed by atoms with Crippen LogP contribution in [-0.4, -0.2) is 23.3 Å². The molecule has 0 bridgehead atoms. The Kier molecular flexibility index (Phi) is 2.67. The molecule has 0 aliphatic rings. The predicted molar refractivity (Wildman–Crippen MR) is 60.1 cm³/mol. The lowest BCUT2D eigenvalue weighted by molar-refractivity contribution is 0.0601. The van der Waals surface area contributed by atoms with Crippen LogP contribution in [0.3, 0.4) is 0 Å². The molecule has 1 aromatic heterocycles. The Morgan fingerprint density at radius 2 is 2.33 bits per heavy atom. The van der Waals surface area contributed by atoms with E-state index >= 15 is 0 Å². The number of esters is 1. The number of benzene rings is 1. The summed E-state index contributed by atoms with van der Waals surface area (Å²) < 4.78 is 5.32. The van der Waals surface area contributed by atoms with Crippen LogP contribution in [0.25, 0.3) is 10.9 Å². The van der Waals surface area contributed by atoms with Gasteiger partial charge in [0.2, 0.25) is 0 Å². The molecule has 0 aliphatic carbocycles. The van der Waals surface area contributed by atoms with E-state index in [9.17, 15) is 4.79 Å². The Labute approximate surface area is 98.7 Å². The molecule has 0 unspecified atom stereocenters. The lowest BCUT2D eigenvalue weighted by Gasteiger charge is -2.00. The Bertz CT molecular complexity index is 538. The summed E-state index contributed by atoms with van der Waals surface area (Å²) in [6, 6.07) is 3.27. The van der Waals surface area contributed by atoms with Crippen molar-refractivity contribution < 1.29 is 9.53 Å². The van der Waals surface area contributed by atoms with Gasteiger partial charge in [-0.2, -0.15) is 5.10 Å². The second-order valence-corrected chi connectivity index (χ2v) is 4.11. The summed E-state index contributed by atoms with van der Waals surface area (Å²) in [7, 11) is 1.33. The van der Waals surface area contributed by atoms with E-state index in [1.54, 1.807) is 12.1 Å². The molecule has 78 valence electrons. The van der Waals surface area contributed by atoms with Gasteiger partial charge in [0.1, 0.15) is 5.15 Å². The number of hydrogen-bond acceptors (Lipinski definition) is 3. The number of hydrogen-bond donors (Lipinski definition) is 1. The van der Waals surface area contributed by atoms with Crippen LogP contribution in [0, 0.1) is 0 Å². The molecule has 1 aromatic carbocycles. The molecule has 0 aliphatic heterocycles. The Morgan fingerprint density at radius 3 is 3.00 bits per heavy atom. The van der Waals surface area contributed by atoms with Crippen molar-refractivity contribution in [3.05, 3.63) is 27.3 Å². The van der Waals surface area contributed by atoms with Crippen LogP contribution in [0.15, 0.2) is 16.6 Å². The zero-order chi connectivity index (χ0) is 11.0. The summed E-state index contributed by atoms with van der Waals surface area (Å²) in [4.78, 5) is 11.3. The molecule has 4 nitrogen and oxygen atoms in total. The van der Waals surface area contributed by atoms with Crippen LogP contribution in [-0.2, 0) is 4.74 Å². The van der Waals surface area contributed by atoms with Crippen molar-refractivity contribution in [2.75, 3.05) is 7.11 Å². The number of aromatic nitrogens is 2. The third-order valence-corrected chi connectivity index (χ3v) is 2.88. The number of H-pyrrole nitrogens is 1. The van der Waals surface area contributed by atoms with Gasteiger partial charge in [0.25, 0.3) is 0 Å². The SMILES string of the molecule is COC(=O)c1cc(Br)c2c(Cl)[nH]nc2c1. The number of nitrogens with zero attached hydrogens (tertiary/aromatic N) is 1. The Hall–Kier alpha value is -1.07. The summed E-state index contributed by atoms with van der Waals surface area (Å²) in [5, 5.41) is 7.79. The van der Waals surface area contributed by atoms with Crippen molar-refractivity contribution in [3.63, 3.8) is 0 Å². The normalized spacial score (nSPS) is 10.6. The second-order valence-electron chi connectivity index (χ2n) is 2.88. The zero-order valence-corrected chi connectivity index (χ0v) is 10.0. The Balaban J connectivity index is 2.68. The quantitative estimate of drug-likeness (QED) is 0.821. The fourth-order valence-electron chi connectivity index (χ4n) is 1.30. The first-order valence-electron chi connectivity index (χ1n) is 4.05. The van der Waals surface area contributed by atoms with Gasteiger partial charge >= 0.3 is 5.97 Å². The number of ether oxygens (including phenoxy) is 1. The van der Waals surface area contributed by atoms with Crippen molar-refractivity contribution in [1.29, 1.82) is 0 Å². The summed E-state index contributed by atoms with van der Waals surface area (Å²) in [6.07, 6.45) is 0. The highest BCUT2D eigenvalue weighted by atomic mass is 79.9. The molecule has 2 rings (SSSR count). The molecule has 0 saturated carbocycles. The van der Waals surface area contributed by atoms with Gasteiger partial charge in [0.15, 0.2) is 0 Å². The lowest BCUT2D eigenvalue weighted by Crippen LogP contribution is -2.00. The first kappa shape index (κ1) is 10.4. The van der Waals surface area contributed by atoms with Crippen molar-refractivity contribution >= 4 is 44.4 Å². The molecule has 15 heavy (non-hydrogen) atoms. The van der Waals surface area contributed by atoms with Crippen LogP contribution < -0.4 is 0 Å². The van der Waals surface area contributed by atoms with Crippen LogP contribution in [0.1, 0.15) is 10.4 Å². The number of fused-ring (bicyclic) bond motifs is 1. The van der Waals surface area contributed by atoms with E-state index in [1.807, 2.05) is 0 Å². The number of methoxy groups -OCH3 is 1. The van der Waals surface area contributed by atoms with Crippen molar-refractivity contribution in [3.8, 4) is 0 Å². The van der Waals surface area contributed by atoms with Crippen molar-refractivity contribution in [2.45, 2.75) is 0 Å². The zero-order valence-electron chi connectivity index (χ0n) is 7.67. The molecule has 0 atom stereocenters. The first-order chi connectivity index (χ1) is 7.13. The van der Waals surface area contributed by atoms with Crippen molar-refractivity contribution in [2.24, 2.45) is 0 Å². The van der Waals surface area contributed by atoms with Gasteiger partial charge in [-0.05, 0) is 28.1 Å². The monoisotopic (exact) mass is 288 g/mol. The van der Waals surface area contributed by atoms with E-state index < -0.39 is 5.97 Å². The number of carbonyl (C=O) groups is 1. The Morgan fingerprint density at radius 1 is 1.60 bits per heavy atom. The fraction of sp³-hybridized carbons (Fsp3) is 0.111. The minimum absolute atomic E-state index is 0.406. The van der Waals surface area contributed by atoms with Gasteiger partial charge in [0, 0.05) is 4.47 Å². The van der Waals surface area contributed by atoms with Gasteiger partial charge in [-0.1, -0.05) is 11.6 Å². The molecule has 0 fully saturated rings. The molecule has 2 aromatic rings. The number of nitrogens with one attached hydrogen (secondary N) is 1. The summed E-state index contributed by atoms with van der Waals surface area (Å²) in [6.45, 7) is 0. The van der Waals surface area contributed by atoms with E-state index in [0.717, 1.165) is 5.39 Å². The topological polar surface area (TPSA) is 55.0 Å². The van der Waals surface area contributed by atoms with E-state index in [2.05, 4.69) is 30.9 Å². The lowest BCUT2D eigenvalue weighted by atomic mass is 10.2. The van der Waals surface area contributed by atoms with Crippen LogP contribution in [0.4, 0.5) is 0 Å². The molecule has 0 spiro atoms. The third-order valence-electron chi connectivity index (χ3n) is 1.98. The average Bonchev–Trinajstić information content (AvgIpc) is 2.59. The molecule has 0 amide bonds. The molecular weight excluding hydrogens is 283 g/mol. The standard InChI is InChI=1S/C9H6BrClN2O2/c1-15-9(14)4-2-5(10)7-6(3-4)12-13-8(7)11/h2-3H,1H3,(H,12,13). The third kappa shape index (κ3) is 1.72. The number of rotatable bonds is 1. The maximum atomic E-state index is 11.3. The fourth-order valence-corrected chi connectivity index (χ4v) is 2.30. The van der Waals surface area contributed by atoms with E-state index in [0.29, 0.717) is 20.7 Å². The van der Waals surface area contributed by atoms with Crippen molar-refractivity contribution in [1.82, 2.24) is 10.2 Å². The highest BCUT2D eigenvalue weighted by Gasteiger charge is 2.13.